The SMILES string of the molecule is N#Cc1ccccc1Oc1cccc2c1COB2O. The Bertz CT molecular complexity index is 666. The molecule has 0 aliphatic carbocycles. The Morgan fingerprint density at radius 3 is 2.79 bits per heavy atom. The summed E-state index contributed by atoms with van der Waals surface area (Å²) >= 11 is 0. The Labute approximate surface area is 111 Å². The molecule has 3 rings (SSSR count). The molecule has 1 aliphatic rings. The maximum absolute atomic E-state index is 9.64. The summed E-state index contributed by atoms with van der Waals surface area (Å²) in [6.45, 7) is 0.307. The molecular weight excluding hydrogens is 241 g/mol. The van der Waals surface area contributed by atoms with Crippen LogP contribution in [0.5, 0.6) is 11.5 Å². The molecule has 1 heterocycles. The second-order valence-corrected chi connectivity index (χ2v) is 4.20. The number of nitriles is 1. The van der Waals surface area contributed by atoms with Gasteiger partial charge in [0.1, 0.15) is 17.6 Å². The molecule has 4 nitrogen and oxygen atoms in total. The fourth-order valence-electron chi connectivity index (χ4n) is 2.08. The Morgan fingerprint density at radius 2 is 1.95 bits per heavy atom. The van der Waals surface area contributed by atoms with Gasteiger partial charge in [-0.3, -0.25) is 0 Å². The number of nitrogens with zero attached hydrogens (tertiary/aromatic N) is 1. The van der Waals surface area contributed by atoms with Crippen LogP contribution in [0.15, 0.2) is 42.5 Å². The molecule has 0 bridgehead atoms. The molecule has 2 aromatic rings. The van der Waals surface area contributed by atoms with Crippen LogP contribution in [0.1, 0.15) is 11.1 Å². The third kappa shape index (κ3) is 2.08. The summed E-state index contributed by atoms with van der Waals surface area (Å²) in [5, 5.41) is 18.7. The average molecular weight is 251 g/mol. The van der Waals surface area contributed by atoms with Crippen LogP contribution in [0.4, 0.5) is 0 Å². The van der Waals surface area contributed by atoms with Gasteiger partial charge < -0.3 is 14.4 Å². The van der Waals surface area contributed by atoms with E-state index in [1.807, 2.05) is 6.07 Å². The second-order valence-electron chi connectivity index (χ2n) is 4.20. The minimum Gasteiger partial charge on any atom is -0.456 e. The molecule has 0 atom stereocenters. The number of benzene rings is 2. The number of ether oxygens (including phenoxy) is 1. The predicted molar refractivity (Wildman–Crippen MR) is 70.1 cm³/mol. The monoisotopic (exact) mass is 251 g/mol. The van der Waals surface area contributed by atoms with Crippen LogP contribution < -0.4 is 10.2 Å². The van der Waals surface area contributed by atoms with Crippen molar-refractivity contribution < 1.29 is 14.4 Å². The van der Waals surface area contributed by atoms with Gasteiger partial charge in [0.25, 0.3) is 0 Å². The zero-order chi connectivity index (χ0) is 13.2. The van der Waals surface area contributed by atoms with E-state index in [1.54, 1.807) is 36.4 Å². The number of rotatable bonds is 2. The molecule has 0 unspecified atom stereocenters. The van der Waals surface area contributed by atoms with E-state index in [2.05, 4.69) is 6.07 Å². The number of hydrogen-bond donors (Lipinski definition) is 1. The fraction of sp³-hybridized carbons (Fsp3) is 0.0714. The van der Waals surface area contributed by atoms with Gasteiger partial charge in [0.05, 0.1) is 12.2 Å². The molecule has 0 saturated heterocycles. The van der Waals surface area contributed by atoms with Crippen molar-refractivity contribution in [3.05, 3.63) is 53.6 Å². The maximum atomic E-state index is 9.64. The van der Waals surface area contributed by atoms with Gasteiger partial charge in [0.15, 0.2) is 0 Å². The van der Waals surface area contributed by atoms with Crippen LogP contribution in [-0.4, -0.2) is 12.1 Å². The molecule has 0 saturated carbocycles. The lowest BCUT2D eigenvalue weighted by atomic mass is 9.79. The van der Waals surface area contributed by atoms with Crippen LogP contribution in [0.2, 0.25) is 0 Å². The first-order valence-corrected chi connectivity index (χ1v) is 5.88. The third-order valence-electron chi connectivity index (χ3n) is 3.05. The standard InChI is InChI=1S/C14H10BNO3/c16-8-10-4-1-2-6-13(10)19-14-7-3-5-12-11(14)9-18-15(12)17/h1-7,17H,9H2. The molecule has 2 aromatic carbocycles. The summed E-state index contributed by atoms with van der Waals surface area (Å²) in [4.78, 5) is 0. The smallest absolute Gasteiger partial charge is 0.456 e. The highest BCUT2D eigenvalue weighted by Gasteiger charge is 2.29. The topological polar surface area (TPSA) is 62.5 Å². The van der Waals surface area contributed by atoms with Gasteiger partial charge in [-0.1, -0.05) is 24.3 Å². The zero-order valence-electron chi connectivity index (χ0n) is 10.0. The summed E-state index contributed by atoms with van der Waals surface area (Å²) in [7, 11) is -0.898. The predicted octanol–water partition coefficient (Wildman–Crippen LogP) is 1.57. The first-order chi connectivity index (χ1) is 9.29. The van der Waals surface area contributed by atoms with E-state index >= 15 is 0 Å². The van der Waals surface area contributed by atoms with Crippen molar-refractivity contribution in [3.63, 3.8) is 0 Å². The van der Waals surface area contributed by atoms with Gasteiger partial charge in [0, 0.05) is 5.56 Å². The lowest BCUT2D eigenvalue weighted by Crippen LogP contribution is -2.27. The van der Waals surface area contributed by atoms with E-state index in [1.165, 1.54) is 0 Å². The average Bonchev–Trinajstić information content (AvgIpc) is 2.82. The summed E-state index contributed by atoms with van der Waals surface area (Å²) in [6, 6.07) is 14.5. The summed E-state index contributed by atoms with van der Waals surface area (Å²) < 4.78 is 10.9. The van der Waals surface area contributed by atoms with Gasteiger partial charge in [-0.25, -0.2) is 0 Å². The Balaban J connectivity index is 1.99. The Morgan fingerprint density at radius 1 is 1.16 bits per heavy atom. The lowest BCUT2D eigenvalue weighted by Gasteiger charge is -2.10. The van der Waals surface area contributed by atoms with Crippen molar-refractivity contribution in [2.24, 2.45) is 0 Å². The molecule has 5 heteroatoms. The molecule has 0 amide bonds. The highest BCUT2D eigenvalue weighted by molar-refractivity contribution is 6.61. The summed E-state index contributed by atoms with van der Waals surface area (Å²) in [6.07, 6.45) is 0. The minimum atomic E-state index is -0.898. The van der Waals surface area contributed by atoms with Crippen molar-refractivity contribution in [1.82, 2.24) is 0 Å². The lowest BCUT2D eigenvalue weighted by molar-refractivity contribution is 0.272. The third-order valence-corrected chi connectivity index (χ3v) is 3.05. The first-order valence-electron chi connectivity index (χ1n) is 5.88. The van der Waals surface area contributed by atoms with E-state index in [4.69, 9.17) is 14.7 Å². The van der Waals surface area contributed by atoms with E-state index in [9.17, 15) is 5.02 Å². The molecular formula is C14H10BNO3. The van der Waals surface area contributed by atoms with Crippen molar-refractivity contribution in [2.75, 3.05) is 0 Å². The van der Waals surface area contributed by atoms with Crippen LogP contribution in [0, 0.1) is 11.3 Å². The van der Waals surface area contributed by atoms with Crippen LogP contribution in [0.25, 0.3) is 0 Å². The van der Waals surface area contributed by atoms with E-state index in [0.717, 1.165) is 5.56 Å². The Hall–Kier alpha value is -2.29. The van der Waals surface area contributed by atoms with Crippen LogP contribution in [0.3, 0.4) is 0 Å². The molecule has 0 aromatic heterocycles. The van der Waals surface area contributed by atoms with Gasteiger partial charge in [-0.15, -0.1) is 0 Å². The zero-order valence-corrected chi connectivity index (χ0v) is 10.0. The molecule has 0 radical (unpaired) electrons. The Kier molecular flexibility index (Phi) is 2.96. The number of hydrogen-bond acceptors (Lipinski definition) is 4. The molecule has 92 valence electrons. The molecule has 1 aliphatic heterocycles. The van der Waals surface area contributed by atoms with Gasteiger partial charge >= 0.3 is 7.12 Å². The van der Waals surface area contributed by atoms with Crippen LogP contribution in [-0.2, 0) is 11.3 Å². The fourth-order valence-corrected chi connectivity index (χ4v) is 2.08. The van der Waals surface area contributed by atoms with Crippen molar-refractivity contribution in [3.8, 4) is 17.6 Å². The van der Waals surface area contributed by atoms with Crippen molar-refractivity contribution >= 4 is 12.6 Å². The number of para-hydroxylation sites is 1. The van der Waals surface area contributed by atoms with E-state index < -0.39 is 7.12 Å². The maximum Gasteiger partial charge on any atom is 0.491 e. The van der Waals surface area contributed by atoms with Crippen LogP contribution >= 0.6 is 0 Å². The highest BCUT2D eigenvalue weighted by atomic mass is 16.5. The van der Waals surface area contributed by atoms with E-state index in [0.29, 0.717) is 29.1 Å². The second kappa shape index (κ2) is 4.77. The first kappa shape index (κ1) is 11.8. The van der Waals surface area contributed by atoms with Gasteiger partial charge in [0.2, 0.25) is 0 Å². The van der Waals surface area contributed by atoms with Gasteiger partial charge in [-0.2, -0.15) is 5.26 Å². The molecule has 1 N–H and O–H groups in total. The normalized spacial score (nSPS) is 12.9. The van der Waals surface area contributed by atoms with E-state index in [-0.39, 0.29) is 0 Å². The van der Waals surface area contributed by atoms with Crippen molar-refractivity contribution in [2.45, 2.75) is 6.61 Å². The quantitative estimate of drug-likeness (QED) is 0.823. The summed E-state index contributed by atoms with van der Waals surface area (Å²) in [5.74, 6) is 1.11. The largest absolute Gasteiger partial charge is 0.491 e. The molecule has 0 spiro atoms. The number of fused-ring (bicyclic) bond motifs is 1. The highest BCUT2D eigenvalue weighted by Crippen LogP contribution is 2.29. The van der Waals surface area contributed by atoms with Gasteiger partial charge in [-0.05, 0) is 23.7 Å². The molecule has 0 fully saturated rings. The summed E-state index contributed by atoms with van der Waals surface area (Å²) in [5.41, 5.74) is 2.01. The minimum absolute atomic E-state index is 0.307. The van der Waals surface area contributed by atoms with Crippen molar-refractivity contribution in [1.29, 1.82) is 5.26 Å². The molecule has 19 heavy (non-hydrogen) atoms.